The molecule has 1 rings (SSSR count). The molecule has 0 radical (unpaired) electrons. The average Bonchev–Trinajstić information content (AvgIpc) is 2.24. The van der Waals surface area contributed by atoms with E-state index >= 15 is 0 Å². The fourth-order valence-corrected chi connectivity index (χ4v) is 2.07. The van der Waals surface area contributed by atoms with Crippen LogP contribution in [0.2, 0.25) is 0 Å². The number of hydrogen-bond acceptors (Lipinski definition) is 1. The van der Waals surface area contributed by atoms with Crippen LogP contribution in [0.3, 0.4) is 0 Å². The molecule has 102 valence electrons. The molecule has 0 saturated heterocycles. The molecule has 18 heavy (non-hydrogen) atoms. The summed E-state index contributed by atoms with van der Waals surface area (Å²) in [6.07, 6.45) is -4.21. The largest absolute Gasteiger partial charge is 0.405 e. The van der Waals surface area contributed by atoms with Gasteiger partial charge in [0, 0.05) is 17.6 Å². The van der Waals surface area contributed by atoms with E-state index in [1.54, 1.807) is 32.0 Å². The molecule has 0 heterocycles. The number of alkyl halides is 4. The minimum Gasteiger partial charge on any atom is -0.360 e. The molecule has 0 aromatic heterocycles. The van der Waals surface area contributed by atoms with Gasteiger partial charge in [0.25, 0.3) is 0 Å². The van der Waals surface area contributed by atoms with Gasteiger partial charge in [0.15, 0.2) is 0 Å². The molecule has 0 aliphatic carbocycles. The van der Waals surface area contributed by atoms with Crippen molar-refractivity contribution in [2.24, 2.45) is 0 Å². The van der Waals surface area contributed by atoms with Crippen molar-refractivity contribution in [2.45, 2.75) is 38.9 Å². The van der Waals surface area contributed by atoms with Crippen molar-refractivity contribution in [3.05, 3.63) is 29.3 Å². The minimum absolute atomic E-state index is 0.215. The Morgan fingerprint density at radius 3 is 2.28 bits per heavy atom. The van der Waals surface area contributed by atoms with Gasteiger partial charge in [-0.15, -0.1) is 11.6 Å². The Hall–Kier alpha value is -0.900. The number of halogens is 4. The molecule has 0 aliphatic rings. The van der Waals surface area contributed by atoms with Crippen LogP contribution in [0.4, 0.5) is 18.9 Å². The molecule has 1 aromatic carbocycles. The van der Waals surface area contributed by atoms with Crippen molar-refractivity contribution in [1.82, 2.24) is 0 Å². The first-order chi connectivity index (χ1) is 8.24. The summed E-state index contributed by atoms with van der Waals surface area (Å²) in [7, 11) is 0. The van der Waals surface area contributed by atoms with Crippen molar-refractivity contribution >= 4 is 17.3 Å². The summed E-state index contributed by atoms with van der Waals surface area (Å²) < 4.78 is 37.6. The van der Waals surface area contributed by atoms with Gasteiger partial charge in [-0.05, 0) is 44.0 Å². The van der Waals surface area contributed by atoms with Crippen LogP contribution in [-0.2, 0) is 5.88 Å². The lowest BCUT2D eigenvalue weighted by Crippen LogP contribution is -2.39. The zero-order valence-electron chi connectivity index (χ0n) is 10.7. The molecule has 0 saturated carbocycles. The molecule has 0 unspecified atom stereocenters. The first-order valence-electron chi connectivity index (χ1n) is 5.73. The Kier molecular flexibility index (Phi) is 4.91. The SMILES string of the molecule is Cc1cc(N(CC(F)(F)F)C(C)C)ccc1CCl. The fraction of sp³-hybridized carbons (Fsp3) is 0.538. The second-order valence-corrected chi connectivity index (χ2v) is 4.85. The molecule has 0 bridgehead atoms. The van der Waals surface area contributed by atoms with Gasteiger partial charge < -0.3 is 4.90 Å². The van der Waals surface area contributed by atoms with E-state index in [4.69, 9.17) is 11.6 Å². The third-order valence-electron chi connectivity index (χ3n) is 2.77. The summed E-state index contributed by atoms with van der Waals surface area (Å²) in [6, 6.07) is 5.01. The van der Waals surface area contributed by atoms with Gasteiger partial charge in [-0.2, -0.15) is 13.2 Å². The molecule has 0 aliphatic heterocycles. The topological polar surface area (TPSA) is 3.24 Å². The van der Waals surface area contributed by atoms with E-state index in [2.05, 4.69) is 0 Å². The fourth-order valence-electron chi connectivity index (χ4n) is 1.77. The number of benzene rings is 1. The lowest BCUT2D eigenvalue weighted by molar-refractivity contribution is -0.120. The maximum atomic E-state index is 12.5. The third-order valence-corrected chi connectivity index (χ3v) is 3.06. The van der Waals surface area contributed by atoms with Gasteiger partial charge in [-0.25, -0.2) is 0 Å². The van der Waals surface area contributed by atoms with E-state index in [1.807, 2.05) is 6.92 Å². The number of aryl methyl sites for hydroxylation is 1. The Morgan fingerprint density at radius 2 is 1.89 bits per heavy atom. The lowest BCUT2D eigenvalue weighted by atomic mass is 10.1. The second-order valence-electron chi connectivity index (χ2n) is 4.58. The lowest BCUT2D eigenvalue weighted by Gasteiger charge is -2.30. The summed E-state index contributed by atoms with van der Waals surface area (Å²) in [5.41, 5.74) is 2.43. The number of hydrogen-bond donors (Lipinski definition) is 0. The van der Waals surface area contributed by atoms with Crippen LogP contribution in [0, 0.1) is 6.92 Å². The summed E-state index contributed by atoms with van der Waals surface area (Å²) >= 11 is 5.74. The monoisotopic (exact) mass is 279 g/mol. The molecule has 0 N–H and O–H groups in total. The maximum Gasteiger partial charge on any atom is 0.405 e. The highest BCUT2D eigenvalue weighted by molar-refractivity contribution is 6.17. The van der Waals surface area contributed by atoms with Crippen LogP contribution in [0.15, 0.2) is 18.2 Å². The predicted octanol–water partition coefficient (Wildman–Crippen LogP) is 4.51. The van der Waals surface area contributed by atoms with Crippen LogP contribution in [0.5, 0.6) is 0 Å². The van der Waals surface area contributed by atoms with E-state index < -0.39 is 12.7 Å². The summed E-state index contributed by atoms with van der Waals surface area (Å²) in [6.45, 7) is 4.41. The van der Waals surface area contributed by atoms with Crippen molar-refractivity contribution in [2.75, 3.05) is 11.4 Å². The minimum atomic E-state index is -4.21. The van der Waals surface area contributed by atoms with Gasteiger partial charge in [0.1, 0.15) is 6.54 Å². The number of nitrogens with zero attached hydrogens (tertiary/aromatic N) is 1. The Balaban J connectivity index is 3.03. The Bertz CT molecular complexity index is 402. The van der Waals surface area contributed by atoms with Gasteiger partial charge in [0.2, 0.25) is 0 Å². The summed E-state index contributed by atoms with van der Waals surface area (Å²) in [5.74, 6) is 0.368. The van der Waals surface area contributed by atoms with E-state index in [-0.39, 0.29) is 6.04 Å². The predicted molar refractivity (Wildman–Crippen MR) is 69.3 cm³/mol. The molecule has 0 spiro atoms. The first kappa shape index (κ1) is 15.2. The summed E-state index contributed by atoms with van der Waals surface area (Å²) in [4.78, 5) is 1.34. The van der Waals surface area contributed by atoms with Crippen molar-refractivity contribution in [3.63, 3.8) is 0 Å². The van der Waals surface area contributed by atoms with Gasteiger partial charge in [-0.1, -0.05) is 6.07 Å². The maximum absolute atomic E-state index is 12.5. The average molecular weight is 280 g/mol. The van der Waals surface area contributed by atoms with Crippen LogP contribution >= 0.6 is 11.6 Å². The van der Waals surface area contributed by atoms with Crippen LogP contribution in [0.25, 0.3) is 0 Å². The molecule has 0 amide bonds. The summed E-state index contributed by atoms with van der Waals surface area (Å²) in [5, 5.41) is 0. The van der Waals surface area contributed by atoms with Gasteiger partial charge in [0.05, 0.1) is 0 Å². The molecule has 0 fully saturated rings. The zero-order valence-corrected chi connectivity index (χ0v) is 11.4. The Labute approximate surface area is 111 Å². The van der Waals surface area contributed by atoms with Crippen molar-refractivity contribution in [1.29, 1.82) is 0 Å². The molecule has 1 aromatic rings. The van der Waals surface area contributed by atoms with E-state index in [1.165, 1.54) is 4.90 Å². The van der Waals surface area contributed by atoms with E-state index in [9.17, 15) is 13.2 Å². The molecular formula is C13H17ClF3N. The highest BCUT2D eigenvalue weighted by atomic mass is 35.5. The van der Waals surface area contributed by atoms with E-state index in [0.717, 1.165) is 11.1 Å². The molecular weight excluding hydrogens is 263 g/mol. The third kappa shape index (κ3) is 4.09. The zero-order chi connectivity index (χ0) is 13.9. The van der Waals surface area contributed by atoms with E-state index in [0.29, 0.717) is 11.6 Å². The number of rotatable bonds is 4. The Morgan fingerprint density at radius 1 is 1.28 bits per heavy atom. The first-order valence-corrected chi connectivity index (χ1v) is 6.27. The smallest absolute Gasteiger partial charge is 0.360 e. The second kappa shape index (κ2) is 5.83. The van der Waals surface area contributed by atoms with Crippen LogP contribution < -0.4 is 4.90 Å². The quantitative estimate of drug-likeness (QED) is 0.733. The molecule has 0 atom stereocenters. The molecule has 1 nitrogen and oxygen atoms in total. The molecule has 5 heteroatoms. The van der Waals surface area contributed by atoms with Crippen LogP contribution in [0.1, 0.15) is 25.0 Å². The standard InChI is InChI=1S/C13H17ClF3N/c1-9(2)18(8-13(15,16)17)12-5-4-11(7-14)10(3)6-12/h4-6,9H,7-8H2,1-3H3. The normalized spacial score (nSPS) is 12.0. The van der Waals surface area contributed by atoms with Crippen molar-refractivity contribution < 1.29 is 13.2 Å². The highest BCUT2D eigenvalue weighted by Gasteiger charge is 2.32. The van der Waals surface area contributed by atoms with Gasteiger partial charge in [-0.3, -0.25) is 0 Å². The number of anilines is 1. The van der Waals surface area contributed by atoms with Gasteiger partial charge >= 0.3 is 6.18 Å². The van der Waals surface area contributed by atoms with Crippen LogP contribution in [-0.4, -0.2) is 18.8 Å². The van der Waals surface area contributed by atoms with Crippen molar-refractivity contribution in [3.8, 4) is 0 Å². The highest BCUT2D eigenvalue weighted by Crippen LogP contribution is 2.26.